The van der Waals surface area contributed by atoms with Gasteiger partial charge in [0.2, 0.25) is 0 Å². The number of sulfone groups is 1. The number of non-ortho nitro benzene ring substituents is 1. The molecule has 31 heavy (non-hydrogen) atoms. The number of rotatable bonds is 8. The van der Waals surface area contributed by atoms with Crippen LogP contribution in [0.25, 0.3) is 0 Å². The van der Waals surface area contributed by atoms with E-state index in [1.54, 1.807) is 0 Å². The molecule has 0 aliphatic carbocycles. The van der Waals surface area contributed by atoms with Gasteiger partial charge in [-0.25, -0.2) is 8.42 Å². The Hall–Kier alpha value is -2.94. The molecule has 1 amide bonds. The van der Waals surface area contributed by atoms with Crippen molar-refractivity contribution in [2.75, 3.05) is 29.5 Å². The highest BCUT2D eigenvalue weighted by Crippen LogP contribution is 2.25. The molecule has 0 N–H and O–H groups in total. The van der Waals surface area contributed by atoms with Crippen LogP contribution in [0.3, 0.4) is 0 Å². The fraction of sp³-hybridized carbons (Fsp3) is 0.409. The summed E-state index contributed by atoms with van der Waals surface area (Å²) in [6.07, 6.45) is 0.362. The Balaban J connectivity index is 1.89. The van der Waals surface area contributed by atoms with Gasteiger partial charge in [0, 0.05) is 49.1 Å². The molecule has 0 aromatic heterocycles. The van der Waals surface area contributed by atoms with E-state index in [-0.39, 0.29) is 29.3 Å². The fourth-order valence-electron chi connectivity index (χ4n) is 3.90. The predicted octanol–water partition coefficient (Wildman–Crippen LogP) is 3.27. The number of anilines is 1. The molecule has 1 saturated heterocycles. The summed E-state index contributed by atoms with van der Waals surface area (Å²) in [5.74, 6) is -0.457. The molecular weight excluding hydrogens is 418 g/mol. The van der Waals surface area contributed by atoms with Crippen molar-refractivity contribution in [1.82, 2.24) is 4.90 Å². The number of carbonyl (C=O) groups excluding carboxylic acids is 1. The molecule has 9 heteroatoms. The van der Waals surface area contributed by atoms with Crippen molar-refractivity contribution in [3.8, 4) is 0 Å². The van der Waals surface area contributed by atoms with Crippen LogP contribution in [0.2, 0.25) is 0 Å². The Morgan fingerprint density at radius 2 is 1.81 bits per heavy atom. The smallest absolute Gasteiger partial charge is 0.270 e. The van der Waals surface area contributed by atoms with Crippen LogP contribution < -0.4 is 4.90 Å². The second-order valence-corrected chi connectivity index (χ2v) is 9.86. The first-order valence-electron chi connectivity index (χ1n) is 10.3. The number of hydrogen-bond donors (Lipinski definition) is 0. The van der Waals surface area contributed by atoms with Crippen LogP contribution in [0.5, 0.6) is 0 Å². The molecule has 1 aliphatic heterocycles. The summed E-state index contributed by atoms with van der Waals surface area (Å²) in [5.41, 5.74) is 1.96. The van der Waals surface area contributed by atoms with Crippen LogP contribution in [-0.4, -0.2) is 54.8 Å². The zero-order chi connectivity index (χ0) is 22.6. The third-order valence-electron chi connectivity index (χ3n) is 5.63. The van der Waals surface area contributed by atoms with Gasteiger partial charge in [0.1, 0.15) is 0 Å². The van der Waals surface area contributed by atoms with Gasteiger partial charge in [0.15, 0.2) is 9.84 Å². The van der Waals surface area contributed by atoms with Crippen LogP contribution in [0, 0.1) is 10.1 Å². The van der Waals surface area contributed by atoms with Crippen molar-refractivity contribution in [2.45, 2.75) is 32.9 Å². The molecule has 0 saturated carbocycles. The Bertz CT molecular complexity index is 1050. The summed E-state index contributed by atoms with van der Waals surface area (Å²) < 4.78 is 24.1. The Kier molecular flexibility index (Phi) is 6.94. The predicted molar refractivity (Wildman–Crippen MR) is 120 cm³/mol. The third-order valence-corrected chi connectivity index (χ3v) is 7.38. The quantitative estimate of drug-likeness (QED) is 0.457. The molecule has 8 nitrogen and oxygen atoms in total. The Morgan fingerprint density at radius 3 is 2.35 bits per heavy atom. The standard InChI is InChI=1S/C22H27N3O5S/c1-3-23(4-2)19-10-8-17(9-11-19)15-24(21-12-13-31(29,30)16-21)22(26)18-6-5-7-20(14-18)25(27)28/h5-11,14,21H,3-4,12-13,15-16H2,1-2H3. The monoisotopic (exact) mass is 445 g/mol. The van der Waals surface area contributed by atoms with E-state index >= 15 is 0 Å². The molecule has 1 fully saturated rings. The van der Waals surface area contributed by atoms with E-state index in [1.165, 1.54) is 29.2 Å². The number of benzene rings is 2. The maximum absolute atomic E-state index is 13.3. The summed E-state index contributed by atoms with van der Waals surface area (Å²) in [6.45, 7) is 6.16. The van der Waals surface area contributed by atoms with E-state index < -0.39 is 26.7 Å². The van der Waals surface area contributed by atoms with E-state index in [2.05, 4.69) is 18.7 Å². The number of amides is 1. The molecule has 0 bridgehead atoms. The fourth-order valence-corrected chi connectivity index (χ4v) is 5.63. The molecule has 1 unspecified atom stereocenters. The summed E-state index contributed by atoms with van der Waals surface area (Å²) in [7, 11) is -3.20. The molecule has 0 radical (unpaired) electrons. The third kappa shape index (κ3) is 5.41. The molecule has 1 aliphatic rings. The van der Waals surface area contributed by atoms with Crippen molar-refractivity contribution in [2.24, 2.45) is 0 Å². The number of hydrogen-bond acceptors (Lipinski definition) is 6. The maximum atomic E-state index is 13.3. The minimum atomic E-state index is -3.20. The normalized spacial score (nSPS) is 17.3. The van der Waals surface area contributed by atoms with E-state index in [4.69, 9.17) is 0 Å². The second kappa shape index (κ2) is 9.47. The molecule has 2 aromatic carbocycles. The molecule has 1 heterocycles. The van der Waals surface area contributed by atoms with E-state index in [0.717, 1.165) is 24.3 Å². The number of nitro benzene ring substituents is 1. The van der Waals surface area contributed by atoms with Crippen LogP contribution in [-0.2, 0) is 16.4 Å². The minimum Gasteiger partial charge on any atom is -0.372 e. The lowest BCUT2D eigenvalue weighted by Gasteiger charge is -2.29. The van der Waals surface area contributed by atoms with Crippen molar-refractivity contribution in [1.29, 1.82) is 0 Å². The van der Waals surface area contributed by atoms with Crippen LogP contribution in [0.1, 0.15) is 36.2 Å². The molecule has 1 atom stereocenters. The van der Waals surface area contributed by atoms with Gasteiger partial charge in [-0.2, -0.15) is 0 Å². The van der Waals surface area contributed by atoms with Crippen LogP contribution in [0.15, 0.2) is 48.5 Å². The molecule has 0 spiro atoms. The lowest BCUT2D eigenvalue weighted by atomic mass is 10.1. The van der Waals surface area contributed by atoms with Gasteiger partial charge in [-0.1, -0.05) is 18.2 Å². The lowest BCUT2D eigenvalue weighted by Crippen LogP contribution is -2.40. The largest absolute Gasteiger partial charge is 0.372 e. The van der Waals surface area contributed by atoms with Gasteiger partial charge in [0.05, 0.1) is 16.4 Å². The maximum Gasteiger partial charge on any atom is 0.270 e. The average molecular weight is 446 g/mol. The topological polar surface area (TPSA) is 101 Å². The van der Waals surface area contributed by atoms with Crippen LogP contribution >= 0.6 is 0 Å². The lowest BCUT2D eigenvalue weighted by molar-refractivity contribution is -0.384. The molecular formula is C22H27N3O5S. The number of carbonyl (C=O) groups is 1. The van der Waals surface area contributed by atoms with Gasteiger partial charge >= 0.3 is 0 Å². The second-order valence-electron chi connectivity index (χ2n) is 7.64. The minimum absolute atomic E-state index is 0.0390. The molecule has 3 rings (SSSR count). The first kappa shape index (κ1) is 22.7. The summed E-state index contributed by atoms with van der Waals surface area (Å²) in [6, 6.07) is 12.9. The first-order chi connectivity index (χ1) is 14.7. The highest BCUT2D eigenvalue weighted by molar-refractivity contribution is 7.91. The zero-order valence-corrected chi connectivity index (χ0v) is 18.5. The van der Waals surface area contributed by atoms with Gasteiger partial charge in [-0.3, -0.25) is 14.9 Å². The van der Waals surface area contributed by atoms with Gasteiger partial charge < -0.3 is 9.80 Å². The van der Waals surface area contributed by atoms with Gasteiger partial charge in [0.25, 0.3) is 11.6 Å². The summed E-state index contributed by atoms with van der Waals surface area (Å²) >= 11 is 0. The highest BCUT2D eigenvalue weighted by atomic mass is 32.2. The molecule has 166 valence electrons. The number of nitrogens with zero attached hydrogens (tertiary/aromatic N) is 3. The Labute approximate surface area is 182 Å². The van der Waals surface area contributed by atoms with Crippen molar-refractivity contribution >= 4 is 27.1 Å². The highest BCUT2D eigenvalue weighted by Gasteiger charge is 2.35. The van der Waals surface area contributed by atoms with Crippen molar-refractivity contribution in [3.05, 3.63) is 69.8 Å². The molecule has 2 aromatic rings. The van der Waals surface area contributed by atoms with E-state index in [1.807, 2.05) is 24.3 Å². The Morgan fingerprint density at radius 1 is 1.13 bits per heavy atom. The SMILES string of the molecule is CCN(CC)c1ccc(CN(C(=O)c2cccc([N+](=O)[O-])c2)C2CCS(=O)(=O)C2)cc1. The van der Waals surface area contributed by atoms with Gasteiger partial charge in [-0.05, 0) is 44.0 Å². The summed E-state index contributed by atoms with van der Waals surface area (Å²) in [5, 5.41) is 11.1. The van der Waals surface area contributed by atoms with Crippen molar-refractivity contribution < 1.29 is 18.1 Å². The van der Waals surface area contributed by atoms with Crippen molar-refractivity contribution in [3.63, 3.8) is 0 Å². The van der Waals surface area contributed by atoms with E-state index in [0.29, 0.717) is 6.42 Å². The van der Waals surface area contributed by atoms with Crippen LogP contribution in [0.4, 0.5) is 11.4 Å². The number of nitro groups is 1. The van der Waals surface area contributed by atoms with E-state index in [9.17, 15) is 23.3 Å². The zero-order valence-electron chi connectivity index (χ0n) is 17.7. The van der Waals surface area contributed by atoms with Gasteiger partial charge in [-0.15, -0.1) is 0 Å². The first-order valence-corrected chi connectivity index (χ1v) is 12.2. The summed E-state index contributed by atoms with van der Waals surface area (Å²) in [4.78, 5) is 27.6. The average Bonchev–Trinajstić information content (AvgIpc) is 3.12.